The average molecular weight is 1220 g/mol. The van der Waals surface area contributed by atoms with E-state index in [0.717, 1.165) is 108 Å². The minimum atomic E-state index is 0.696. The van der Waals surface area contributed by atoms with Gasteiger partial charge in [-0.1, -0.05) is 231 Å². The molecule has 4 nitrogen and oxygen atoms in total. The van der Waals surface area contributed by atoms with Crippen LogP contribution in [0.3, 0.4) is 0 Å². The van der Waals surface area contributed by atoms with Crippen LogP contribution < -0.4 is 19.6 Å². The van der Waals surface area contributed by atoms with Crippen LogP contribution in [0.4, 0.5) is 68.2 Å². The first-order valence-electron chi connectivity index (χ1n) is 32.0. The number of hydrogen-bond acceptors (Lipinski definition) is 4. The van der Waals surface area contributed by atoms with E-state index in [1.807, 2.05) is 12.1 Å². The molecule has 448 valence electrons. The molecule has 0 N–H and O–H groups in total. The van der Waals surface area contributed by atoms with Crippen LogP contribution in [0.2, 0.25) is 5.02 Å². The van der Waals surface area contributed by atoms with Gasteiger partial charge in [-0.2, -0.15) is 0 Å². The summed E-state index contributed by atoms with van der Waals surface area (Å²) in [7, 11) is 0. The lowest BCUT2D eigenvalue weighted by Gasteiger charge is -2.27. The number of rotatable bonds is 20. The van der Waals surface area contributed by atoms with E-state index in [1.54, 1.807) is 0 Å². The Morgan fingerprint density at radius 2 is 0.366 bits per heavy atom. The van der Waals surface area contributed by atoms with Crippen molar-refractivity contribution in [2.45, 2.75) is 26.2 Å². The number of nitrogens with zero attached hydrogens (tertiary/aromatic N) is 4. The van der Waals surface area contributed by atoms with Crippen molar-refractivity contribution in [1.29, 1.82) is 0 Å². The Bertz CT molecular complexity index is 4670. The maximum Gasteiger partial charge on any atom is 0.0462 e. The molecular formula is C88H69ClN4. The highest BCUT2D eigenvalue weighted by molar-refractivity contribution is 6.30. The molecule has 5 heteroatoms. The second-order valence-corrected chi connectivity index (χ2v) is 23.8. The van der Waals surface area contributed by atoms with Crippen molar-refractivity contribution >= 4 is 79.8 Å². The van der Waals surface area contributed by atoms with Crippen molar-refractivity contribution in [3.63, 3.8) is 0 Å². The van der Waals surface area contributed by atoms with Crippen LogP contribution in [-0.2, 0) is 6.42 Å². The summed E-state index contributed by atoms with van der Waals surface area (Å²) in [5, 5.41) is 0.696. The Balaban J connectivity index is 0.704. The van der Waals surface area contributed by atoms with Gasteiger partial charge in [-0.15, -0.1) is 0 Å². The summed E-state index contributed by atoms with van der Waals surface area (Å²) in [6.45, 7) is 2.25. The fourth-order valence-electron chi connectivity index (χ4n) is 12.4. The minimum absolute atomic E-state index is 0.696. The molecule has 0 aliphatic carbocycles. The molecule has 0 aromatic heterocycles. The largest absolute Gasteiger partial charge is 0.311 e. The van der Waals surface area contributed by atoms with Gasteiger partial charge in [0.15, 0.2) is 0 Å². The van der Waals surface area contributed by atoms with Gasteiger partial charge >= 0.3 is 0 Å². The van der Waals surface area contributed by atoms with Crippen molar-refractivity contribution in [1.82, 2.24) is 0 Å². The van der Waals surface area contributed by atoms with Crippen molar-refractivity contribution < 1.29 is 0 Å². The zero-order valence-corrected chi connectivity index (χ0v) is 52.7. The van der Waals surface area contributed by atoms with E-state index in [4.69, 9.17) is 11.6 Å². The van der Waals surface area contributed by atoms with Crippen LogP contribution in [0.5, 0.6) is 0 Å². The van der Waals surface area contributed by atoms with Gasteiger partial charge in [-0.25, -0.2) is 0 Å². The predicted octanol–water partition coefficient (Wildman–Crippen LogP) is 25.9. The quantitative estimate of drug-likeness (QED) is 0.0754. The number of unbranched alkanes of at least 4 members (excludes halogenated alkanes) is 1. The zero-order valence-electron chi connectivity index (χ0n) is 51.9. The van der Waals surface area contributed by atoms with Gasteiger partial charge in [-0.3, -0.25) is 0 Å². The Labute approximate surface area is 552 Å². The van der Waals surface area contributed by atoms with Gasteiger partial charge in [0.05, 0.1) is 0 Å². The van der Waals surface area contributed by atoms with Crippen molar-refractivity contribution in [2.75, 3.05) is 19.6 Å². The first-order valence-corrected chi connectivity index (χ1v) is 32.4. The summed E-state index contributed by atoms with van der Waals surface area (Å²) in [5.41, 5.74) is 26.0. The molecule has 0 aliphatic heterocycles. The first kappa shape index (κ1) is 59.2. The van der Waals surface area contributed by atoms with Crippen molar-refractivity contribution in [3.05, 3.63) is 375 Å². The second kappa shape index (κ2) is 27.8. The fraction of sp³-hybridized carbons (Fsp3) is 0.0455. The topological polar surface area (TPSA) is 13.0 Å². The van der Waals surface area contributed by atoms with Gasteiger partial charge < -0.3 is 19.6 Å². The molecule has 0 fully saturated rings. The molecule has 14 aromatic carbocycles. The zero-order chi connectivity index (χ0) is 62.7. The Kier molecular flexibility index (Phi) is 17.7. The van der Waals surface area contributed by atoms with Gasteiger partial charge in [0.1, 0.15) is 0 Å². The molecule has 0 heterocycles. The van der Waals surface area contributed by atoms with E-state index in [-0.39, 0.29) is 0 Å². The van der Waals surface area contributed by atoms with Crippen LogP contribution in [0.15, 0.2) is 364 Å². The van der Waals surface area contributed by atoms with Crippen molar-refractivity contribution in [3.8, 4) is 55.6 Å². The first-order chi connectivity index (χ1) is 46.0. The number of aryl methyl sites for hydroxylation is 1. The number of benzene rings is 14. The molecular weight excluding hydrogens is 1150 g/mol. The Morgan fingerprint density at radius 3 is 0.581 bits per heavy atom. The molecule has 14 aromatic rings. The molecule has 0 saturated carbocycles. The van der Waals surface area contributed by atoms with E-state index in [1.165, 1.54) is 40.7 Å². The molecule has 0 spiro atoms. The highest BCUT2D eigenvalue weighted by Crippen LogP contribution is 2.43. The monoisotopic (exact) mass is 1220 g/mol. The molecule has 0 atom stereocenters. The van der Waals surface area contributed by atoms with Gasteiger partial charge in [0.2, 0.25) is 0 Å². The average Bonchev–Trinajstić information content (AvgIpc) is 3.08. The molecule has 0 unspecified atom stereocenters. The summed E-state index contributed by atoms with van der Waals surface area (Å²) < 4.78 is 0. The third kappa shape index (κ3) is 13.4. The smallest absolute Gasteiger partial charge is 0.0462 e. The second-order valence-electron chi connectivity index (χ2n) is 23.4. The lowest BCUT2D eigenvalue weighted by atomic mass is 10.0. The molecule has 14 rings (SSSR count). The summed E-state index contributed by atoms with van der Waals surface area (Å²) in [6, 6.07) is 131. The SMILES string of the molecule is CCCCc1ccc(N(c2ccc(-c3ccc(N(c4ccccc4)c4ccc(-c5ccccc5)cc4)cc3)cc2)c2ccc(-c3ccc(N(c4ccc(Cl)cc4)c4ccc(-c5ccc(N(c6ccccc6)c6ccc(-c7ccccc7)cc6)cc5)cc4)cc3)cc2)cc1. The molecule has 93 heavy (non-hydrogen) atoms. The van der Waals surface area contributed by atoms with Crippen LogP contribution >= 0.6 is 11.6 Å². The number of anilines is 12. The summed E-state index contributed by atoms with van der Waals surface area (Å²) in [6.07, 6.45) is 3.41. The number of halogens is 1. The lowest BCUT2D eigenvalue weighted by Crippen LogP contribution is -2.10. The van der Waals surface area contributed by atoms with Gasteiger partial charge in [0.25, 0.3) is 0 Å². The van der Waals surface area contributed by atoms with E-state index in [9.17, 15) is 0 Å². The lowest BCUT2D eigenvalue weighted by molar-refractivity contribution is 0.795. The Hall–Kier alpha value is -11.4. The van der Waals surface area contributed by atoms with Crippen molar-refractivity contribution in [2.24, 2.45) is 0 Å². The molecule has 0 aliphatic rings. The molecule has 0 bridgehead atoms. The summed E-state index contributed by atoms with van der Waals surface area (Å²) in [5.74, 6) is 0. The number of para-hydroxylation sites is 2. The molecule has 0 amide bonds. The summed E-state index contributed by atoms with van der Waals surface area (Å²) >= 11 is 6.50. The highest BCUT2D eigenvalue weighted by Gasteiger charge is 2.19. The van der Waals surface area contributed by atoms with E-state index in [2.05, 4.69) is 378 Å². The van der Waals surface area contributed by atoms with E-state index >= 15 is 0 Å². The third-order valence-electron chi connectivity index (χ3n) is 17.3. The number of hydrogen-bond donors (Lipinski definition) is 0. The van der Waals surface area contributed by atoms with Gasteiger partial charge in [-0.05, 0) is 232 Å². The predicted molar refractivity (Wildman–Crippen MR) is 396 cm³/mol. The normalized spacial score (nSPS) is 11.0. The summed E-state index contributed by atoms with van der Waals surface area (Å²) in [4.78, 5) is 9.28. The molecule has 0 saturated heterocycles. The Morgan fingerprint density at radius 1 is 0.194 bits per heavy atom. The standard InChI is InChI=1S/C88H69ClN4/c1-2-3-16-65-25-45-79(46-26-65)92(84-55-35-72(36-56-84)70-31-51-82(52-32-70)90(77-21-12-6-13-22-77)80-47-27-68(28-48-80)66-17-8-4-9-18-66)85-57-37-73(38-58-85)75-41-61-87(62-42-75)93(88-63-43-76(89)44-64-88)86-59-39-74(40-60-86)71-33-53-83(54-34-71)91(78-23-14-7-15-24-78)81-49-29-69(30-50-81)67-19-10-5-11-20-67/h4-15,17-64H,2-3,16H2,1H3. The minimum Gasteiger partial charge on any atom is -0.311 e. The van der Waals surface area contributed by atoms with Crippen LogP contribution in [-0.4, -0.2) is 0 Å². The fourth-order valence-corrected chi connectivity index (χ4v) is 12.5. The highest BCUT2D eigenvalue weighted by atomic mass is 35.5. The molecule has 0 radical (unpaired) electrons. The van der Waals surface area contributed by atoms with E-state index in [0.29, 0.717) is 5.02 Å². The van der Waals surface area contributed by atoms with E-state index < -0.39 is 0 Å². The van der Waals surface area contributed by atoms with Crippen LogP contribution in [0, 0.1) is 0 Å². The van der Waals surface area contributed by atoms with Gasteiger partial charge in [0, 0.05) is 73.3 Å². The third-order valence-corrected chi connectivity index (χ3v) is 17.6. The van der Waals surface area contributed by atoms with Crippen LogP contribution in [0.1, 0.15) is 25.3 Å². The maximum atomic E-state index is 6.50. The van der Waals surface area contributed by atoms with Crippen LogP contribution in [0.25, 0.3) is 55.6 Å². The maximum absolute atomic E-state index is 6.50.